The van der Waals surface area contributed by atoms with Crippen LogP contribution in [0.4, 0.5) is 16.4 Å². The first-order chi connectivity index (χ1) is 16.0. The lowest BCUT2D eigenvalue weighted by atomic mass is 9.85. The highest BCUT2D eigenvalue weighted by Crippen LogP contribution is 2.38. The van der Waals surface area contributed by atoms with E-state index in [1.54, 1.807) is 11.9 Å². The Bertz CT molecular complexity index is 965. The number of anilines is 2. The number of imide groups is 1. The highest BCUT2D eigenvalue weighted by atomic mass is 16.3. The van der Waals surface area contributed by atoms with Crippen LogP contribution in [-0.4, -0.2) is 87.2 Å². The van der Waals surface area contributed by atoms with Crippen LogP contribution in [0.3, 0.4) is 0 Å². The molecule has 2 fully saturated rings. The maximum Gasteiger partial charge on any atom is 0.327 e. The largest absolute Gasteiger partial charge is 0.483 e. The molecule has 1 aromatic carbocycles. The van der Waals surface area contributed by atoms with E-state index in [1.165, 1.54) is 11.2 Å². The number of likely N-dealkylation sites (N-methyl/N-ethyl adjacent to an activating group) is 1. The van der Waals surface area contributed by atoms with Crippen molar-refractivity contribution in [3.63, 3.8) is 0 Å². The summed E-state index contributed by atoms with van der Waals surface area (Å²) in [5.74, 6) is 1.28. The molecule has 4 rings (SSSR count). The maximum absolute atomic E-state index is 13.1. The Balaban J connectivity index is 0.000000968. The van der Waals surface area contributed by atoms with Crippen LogP contribution in [0.2, 0.25) is 0 Å². The van der Waals surface area contributed by atoms with Gasteiger partial charge in [0.25, 0.3) is 12.4 Å². The summed E-state index contributed by atoms with van der Waals surface area (Å²) in [5.41, 5.74) is 0.189. The van der Waals surface area contributed by atoms with Crippen LogP contribution < -0.4 is 10.2 Å². The fraction of sp³-hybridized carbons (Fsp3) is 0.409. The normalized spacial score (nSPS) is 17.1. The first-order valence-electron chi connectivity index (χ1n) is 10.6. The van der Waals surface area contributed by atoms with Gasteiger partial charge in [-0.2, -0.15) is 0 Å². The topological polar surface area (TPSA) is 139 Å². The average molecular weight is 457 g/mol. The van der Waals surface area contributed by atoms with Crippen LogP contribution in [0.15, 0.2) is 42.7 Å². The second-order valence-electron chi connectivity index (χ2n) is 7.75. The van der Waals surface area contributed by atoms with Gasteiger partial charge in [0.2, 0.25) is 0 Å². The van der Waals surface area contributed by atoms with Gasteiger partial charge in [0, 0.05) is 39.3 Å². The summed E-state index contributed by atoms with van der Waals surface area (Å²) >= 11 is 0. The van der Waals surface area contributed by atoms with Crippen molar-refractivity contribution in [3.8, 4) is 0 Å². The number of hydrogen-bond acceptors (Lipinski definition) is 8. The SMILES string of the molecule is CN1C(=O)N(Cc2ccccc2)C2(CCN(c3cc(NCCO)ncn3)CC2)C1=O.O=CO. The Kier molecular flexibility index (Phi) is 7.78. The zero-order valence-electron chi connectivity index (χ0n) is 18.4. The zero-order chi connectivity index (χ0) is 23.8. The van der Waals surface area contributed by atoms with Crippen LogP contribution >= 0.6 is 0 Å². The van der Waals surface area contributed by atoms with Gasteiger partial charge in [0.1, 0.15) is 23.5 Å². The Morgan fingerprint density at radius 2 is 1.82 bits per heavy atom. The number of carbonyl (C=O) groups excluding carboxylic acids is 2. The maximum atomic E-state index is 13.1. The molecule has 0 atom stereocenters. The van der Waals surface area contributed by atoms with Crippen molar-refractivity contribution in [2.75, 3.05) is 43.5 Å². The van der Waals surface area contributed by atoms with E-state index >= 15 is 0 Å². The van der Waals surface area contributed by atoms with E-state index in [0.29, 0.717) is 44.8 Å². The molecule has 3 heterocycles. The van der Waals surface area contributed by atoms with Crippen molar-refractivity contribution in [3.05, 3.63) is 48.3 Å². The van der Waals surface area contributed by atoms with Gasteiger partial charge in [-0.3, -0.25) is 14.5 Å². The van der Waals surface area contributed by atoms with Gasteiger partial charge < -0.3 is 25.3 Å². The van der Waals surface area contributed by atoms with Gasteiger partial charge in [-0.1, -0.05) is 30.3 Å². The molecule has 11 heteroatoms. The van der Waals surface area contributed by atoms with Crippen LogP contribution in [0.1, 0.15) is 18.4 Å². The summed E-state index contributed by atoms with van der Waals surface area (Å²) in [4.78, 5) is 47.9. The first kappa shape index (κ1) is 23.9. The second kappa shape index (κ2) is 10.7. The monoisotopic (exact) mass is 456 g/mol. The molecule has 3 N–H and O–H groups in total. The van der Waals surface area contributed by atoms with Gasteiger partial charge in [-0.15, -0.1) is 0 Å². The Labute approximate surface area is 191 Å². The van der Waals surface area contributed by atoms with Crippen molar-refractivity contribution < 1.29 is 24.6 Å². The van der Waals surface area contributed by atoms with E-state index in [0.717, 1.165) is 11.4 Å². The minimum Gasteiger partial charge on any atom is -0.483 e. The summed E-state index contributed by atoms with van der Waals surface area (Å²) < 4.78 is 0. The second-order valence-corrected chi connectivity index (χ2v) is 7.75. The molecule has 2 aromatic rings. The fourth-order valence-corrected chi connectivity index (χ4v) is 4.25. The van der Waals surface area contributed by atoms with E-state index in [9.17, 15) is 9.59 Å². The number of hydrogen-bond donors (Lipinski definition) is 3. The lowest BCUT2D eigenvalue weighted by Gasteiger charge is -2.42. The van der Waals surface area contributed by atoms with Crippen molar-refractivity contribution in [1.29, 1.82) is 0 Å². The molecule has 33 heavy (non-hydrogen) atoms. The van der Waals surface area contributed by atoms with Gasteiger partial charge in [0.05, 0.1) is 6.61 Å². The summed E-state index contributed by atoms with van der Waals surface area (Å²) in [7, 11) is 1.56. The molecule has 1 spiro atoms. The van der Waals surface area contributed by atoms with Crippen molar-refractivity contribution >= 4 is 30.0 Å². The third kappa shape index (κ3) is 5.03. The van der Waals surface area contributed by atoms with Gasteiger partial charge in [0.15, 0.2) is 0 Å². The summed E-state index contributed by atoms with van der Waals surface area (Å²) in [6.07, 6.45) is 2.56. The van der Waals surface area contributed by atoms with E-state index < -0.39 is 5.54 Å². The number of carbonyl (C=O) groups is 3. The highest BCUT2D eigenvalue weighted by Gasteiger charge is 2.56. The minimum atomic E-state index is -0.816. The fourth-order valence-electron chi connectivity index (χ4n) is 4.25. The standard InChI is InChI=1S/C21H26N6O3.CH2O2/c1-25-19(29)21(27(20(25)30)14-16-5-3-2-4-6-16)7-10-26(11-8-21)18-13-17(22-9-12-28)23-15-24-18;2-1-3/h2-6,13,15,28H,7-12,14H2,1H3,(H,22,23,24);1H,(H,2,3). The molecule has 2 aliphatic heterocycles. The highest BCUT2D eigenvalue weighted by molar-refractivity contribution is 6.06. The molecule has 1 aromatic heterocycles. The third-order valence-electron chi connectivity index (χ3n) is 5.91. The molecule has 0 bridgehead atoms. The van der Waals surface area contributed by atoms with Crippen LogP contribution in [0.25, 0.3) is 0 Å². The number of aliphatic hydroxyl groups is 1. The molecule has 11 nitrogen and oxygen atoms in total. The number of nitrogens with one attached hydrogen (secondary N) is 1. The Hall–Kier alpha value is -3.73. The van der Waals surface area contributed by atoms with Crippen molar-refractivity contribution in [1.82, 2.24) is 19.8 Å². The number of nitrogens with zero attached hydrogens (tertiary/aromatic N) is 5. The lowest BCUT2D eigenvalue weighted by Crippen LogP contribution is -2.56. The number of piperidine rings is 1. The van der Waals surface area contributed by atoms with E-state index in [2.05, 4.69) is 20.2 Å². The third-order valence-corrected chi connectivity index (χ3v) is 5.91. The molecule has 0 saturated carbocycles. The smallest absolute Gasteiger partial charge is 0.327 e. The average Bonchev–Trinajstić information content (AvgIpc) is 3.01. The van der Waals surface area contributed by atoms with Crippen molar-refractivity contribution in [2.45, 2.75) is 24.9 Å². The summed E-state index contributed by atoms with van der Waals surface area (Å²) in [6.45, 7) is 1.81. The number of benzene rings is 1. The molecule has 176 valence electrons. The molecule has 3 amide bonds. The van der Waals surface area contributed by atoms with Crippen LogP contribution in [-0.2, 0) is 16.1 Å². The molecule has 2 saturated heterocycles. The van der Waals surface area contributed by atoms with E-state index in [-0.39, 0.29) is 25.0 Å². The van der Waals surface area contributed by atoms with Crippen molar-refractivity contribution in [2.24, 2.45) is 0 Å². The van der Waals surface area contributed by atoms with Gasteiger partial charge in [-0.25, -0.2) is 14.8 Å². The number of rotatable bonds is 6. The first-order valence-corrected chi connectivity index (χ1v) is 10.6. The molecule has 0 aliphatic carbocycles. The number of amides is 3. The zero-order valence-corrected chi connectivity index (χ0v) is 18.4. The van der Waals surface area contributed by atoms with Gasteiger partial charge in [-0.05, 0) is 18.4 Å². The Morgan fingerprint density at radius 3 is 2.45 bits per heavy atom. The minimum absolute atomic E-state index is 0.0203. The molecule has 0 unspecified atom stereocenters. The molecule has 0 radical (unpaired) electrons. The van der Waals surface area contributed by atoms with Crippen LogP contribution in [0.5, 0.6) is 0 Å². The molecule has 2 aliphatic rings. The lowest BCUT2D eigenvalue weighted by molar-refractivity contribution is -0.133. The number of urea groups is 1. The molecular weight excluding hydrogens is 428 g/mol. The summed E-state index contributed by atoms with van der Waals surface area (Å²) in [6, 6.07) is 11.4. The quantitative estimate of drug-likeness (QED) is 0.429. The van der Waals surface area contributed by atoms with Gasteiger partial charge >= 0.3 is 6.03 Å². The Morgan fingerprint density at radius 1 is 1.15 bits per heavy atom. The summed E-state index contributed by atoms with van der Waals surface area (Å²) in [5, 5.41) is 18.9. The number of carboxylic acid groups (broad SMARTS) is 1. The van der Waals surface area contributed by atoms with E-state index in [4.69, 9.17) is 15.0 Å². The van der Waals surface area contributed by atoms with E-state index in [1.807, 2.05) is 36.4 Å². The predicted octanol–water partition coefficient (Wildman–Crippen LogP) is 1.01. The number of aromatic nitrogens is 2. The van der Waals surface area contributed by atoms with Crippen LogP contribution in [0, 0.1) is 0 Å². The molecular formula is C22H28N6O5. The predicted molar refractivity (Wildman–Crippen MR) is 121 cm³/mol. The number of aliphatic hydroxyl groups excluding tert-OH is 1.